The third kappa shape index (κ3) is 3.06. The molecule has 7 nitrogen and oxygen atoms in total. The number of fused-ring (bicyclic) bond motifs is 2. The van der Waals surface area contributed by atoms with E-state index in [0.29, 0.717) is 17.0 Å². The van der Waals surface area contributed by atoms with Crippen molar-refractivity contribution in [2.45, 2.75) is 13.0 Å². The lowest BCUT2D eigenvalue weighted by Crippen LogP contribution is -2.28. The molecule has 26 heavy (non-hydrogen) atoms. The molecular formula is C19H16N4O3. The Hall–Kier alpha value is -3.48. The van der Waals surface area contributed by atoms with Gasteiger partial charge in [0.2, 0.25) is 0 Å². The largest absolute Gasteiger partial charge is 0.482 e. The van der Waals surface area contributed by atoms with Crippen molar-refractivity contribution in [1.82, 2.24) is 15.3 Å². The van der Waals surface area contributed by atoms with Crippen molar-refractivity contribution in [3.63, 3.8) is 0 Å². The van der Waals surface area contributed by atoms with Crippen LogP contribution in [0.2, 0.25) is 0 Å². The number of nitrogens with zero attached hydrogens (tertiary/aromatic N) is 2. The molecule has 130 valence electrons. The van der Waals surface area contributed by atoms with Crippen LogP contribution < -0.4 is 15.4 Å². The molecule has 2 aromatic carbocycles. The zero-order valence-electron chi connectivity index (χ0n) is 14.0. The summed E-state index contributed by atoms with van der Waals surface area (Å²) in [5.74, 6) is 0.110. The quantitative estimate of drug-likeness (QED) is 0.758. The van der Waals surface area contributed by atoms with Crippen LogP contribution in [-0.4, -0.2) is 28.4 Å². The number of ether oxygens (including phenoxy) is 1. The Bertz CT molecular complexity index is 1020. The molecule has 4 rings (SSSR count). The van der Waals surface area contributed by atoms with Crippen molar-refractivity contribution in [3.8, 4) is 5.75 Å². The smallest absolute Gasteiger partial charge is 0.271 e. The van der Waals surface area contributed by atoms with Crippen LogP contribution >= 0.6 is 0 Å². The van der Waals surface area contributed by atoms with Gasteiger partial charge in [0, 0.05) is 0 Å². The van der Waals surface area contributed by atoms with Gasteiger partial charge in [0.15, 0.2) is 6.61 Å². The summed E-state index contributed by atoms with van der Waals surface area (Å²) >= 11 is 0. The second-order valence-electron chi connectivity index (χ2n) is 6.03. The number of rotatable bonds is 3. The lowest BCUT2D eigenvalue weighted by Gasteiger charge is -2.20. The van der Waals surface area contributed by atoms with Gasteiger partial charge in [-0.25, -0.2) is 4.98 Å². The molecule has 0 fully saturated rings. The SMILES string of the molecule is CC(NC(=O)c1cnc2ccccc2n1)c1ccc2c(c1)NC(=O)CO2. The third-order valence-corrected chi connectivity index (χ3v) is 4.17. The van der Waals surface area contributed by atoms with Gasteiger partial charge in [-0.05, 0) is 36.8 Å². The van der Waals surface area contributed by atoms with Crippen molar-refractivity contribution in [2.75, 3.05) is 11.9 Å². The number of carbonyl (C=O) groups is 2. The van der Waals surface area contributed by atoms with Crippen LogP contribution in [0.4, 0.5) is 5.69 Å². The van der Waals surface area contributed by atoms with E-state index < -0.39 is 0 Å². The first kappa shape index (κ1) is 16.0. The van der Waals surface area contributed by atoms with Gasteiger partial charge in [-0.2, -0.15) is 0 Å². The van der Waals surface area contributed by atoms with Crippen LogP contribution in [0.15, 0.2) is 48.7 Å². The predicted octanol–water partition coefficient (Wildman–Crippen LogP) is 2.45. The first-order valence-corrected chi connectivity index (χ1v) is 8.19. The normalized spacial score (nSPS) is 14.1. The van der Waals surface area contributed by atoms with E-state index in [-0.39, 0.29) is 30.2 Å². The number of amides is 2. The van der Waals surface area contributed by atoms with Gasteiger partial charge in [-0.3, -0.25) is 14.6 Å². The maximum absolute atomic E-state index is 12.5. The highest BCUT2D eigenvalue weighted by Crippen LogP contribution is 2.30. The molecule has 1 aromatic heterocycles. The van der Waals surface area contributed by atoms with Gasteiger partial charge in [0.1, 0.15) is 11.4 Å². The van der Waals surface area contributed by atoms with Crippen molar-refractivity contribution in [1.29, 1.82) is 0 Å². The molecule has 1 unspecified atom stereocenters. The molecule has 7 heteroatoms. The predicted molar refractivity (Wildman–Crippen MR) is 96.0 cm³/mol. The lowest BCUT2D eigenvalue weighted by molar-refractivity contribution is -0.118. The van der Waals surface area contributed by atoms with E-state index in [4.69, 9.17) is 4.74 Å². The van der Waals surface area contributed by atoms with Gasteiger partial charge in [-0.15, -0.1) is 0 Å². The number of hydrogen-bond donors (Lipinski definition) is 2. The van der Waals surface area contributed by atoms with Crippen LogP contribution in [0.3, 0.4) is 0 Å². The van der Waals surface area contributed by atoms with E-state index in [9.17, 15) is 9.59 Å². The molecule has 1 aliphatic heterocycles. The Morgan fingerprint density at radius 1 is 1.23 bits per heavy atom. The molecule has 0 saturated carbocycles. The number of benzene rings is 2. The van der Waals surface area contributed by atoms with Crippen molar-refractivity contribution >= 4 is 28.5 Å². The van der Waals surface area contributed by atoms with Crippen LogP contribution in [0.25, 0.3) is 11.0 Å². The number of carbonyl (C=O) groups excluding carboxylic acids is 2. The maximum atomic E-state index is 12.5. The molecule has 2 amide bonds. The van der Waals surface area contributed by atoms with Crippen molar-refractivity contribution < 1.29 is 14.3 Å². The Morgan fingerprint density at radius 3 is 2.88 bits per heavy atom. The van der Waals surface area contributed by atoms with E-state index in [2.05, 4.69) is 20.6 Å². The molecule has 0 saturated heterocycles. The van der Waals surface area contributed by atoms with E-state index >= 15 is 0 Å². The second kappa shape index (κ2) is 6.44. The fraction of sp³-hybridized carbons (Fsp3) is 0.158. The van der Waals surface area contributed by atoms with E-state index in [1.807, 2.05) is 37.3 Å². The van der Waals surface area contributed by atoms with E-state index in [0.717, 1.165) is 11.1 Å². The van der Waals surface area contributed by atoms with E-state index in [1.54, 1.807) is 12.1 Å². The Kier molecular flexibility index (Phi) is 3.96. The average molecular weight is 348 g/mol. The molecule has 1 atom stereocenters. The highest BCUT2D eigenvalue weighted by atomic mass is 16.5. The zero-order chi connectivity index (χ0) is 18.1. The van der Waals surface area contributed by atoms with Crippen LogP contribution in [0, 0.1) is 0 Å². The maximum Gasteiger partial charge on any atom is 0.271 e. The average Bonchev–Trinajstić information content (AvgIpc) is 2.66. The number of anilines is 1. The minimum Gasteiger partial charge on any atom is -0.482 e. The standard InChI is InChI=1S/C19H16N4O3/c1-11(12-6-7-17-15(8-12)23-18(24)10-26-17)21-19(25)16-9-20-13-4-2-3-5-14(13)22-16/h2-9,11H,10H2,1H3,(H,21,25)(H,23,24). The second-order valence-corrected chi connectivity index (χ2v) is 6.03. The first-order chi connectivity index (χ1) is 12.6. The Labute approximate surface area is 149 Å². The molecule has 0 bridgehead atoms. The van der Waals surface area contributed by atoms with Gasteiger partial charge in [-0.1, -0.05) is 18.2 Å². The zero-order valence-corrected chi connectivity index (χ0v) is 14.0. The van der Waals surface area contributed by atoms with Crippen LogP contribution in [0.1, 0.15) is 29.0 Å². The molecule has 0 aliphatic carbocycles. The molecular weight excluding hydrogens is 332 g/mol. The Balaban J connectivity index is 1.53. The monoisotopic (exact) mass is 348 g/mol. The van der Waals surface area contributed by atoms with Crippen LogP contribution in [-0.2, 0) is 4.79 Å². The van der Waals surface area contributed by atoms with Gasteiger partial charge >= 0.3 is 0 Å². The third-order valence-electron chi connectivity index (χ3n) is 4.17. The lowest BCUT2D eigenvalue weighted by atomic mass is 10.1. The molecule has 2 heterocycles. The van der Waals surface area contributed by atoms with Crippen LogP contribution in [0.5, 0.6) is 5.75 Å². The summed E-state index contributed by atoms with van der Waals surface area (Å²) in [6.07, 6.45) is 1.46. The molecule has 3 aromatic rings. The summed E-state index contributed by atoms with van der Waals surface area (Å²) in [5, 5.41) is 5.66. The molecule has 2 N–H and O–H groups in total. The van der Waals surface area contributed by atoms with Gasteiger partial charge < -0.3 is 15.4 Å². The minimum atomic E-state index is -0.311. The fourth-order valence-corrected chi connectivity index (χ4v) is 2.79. The van der Waals surface area contributed by atoms with Crippen molar-refractivity contribution in [2.24, 2.45) is 0 Å². The molecule has 0 spiro atoms. The highest BCUT2D eigenvalue weighted by Gasteiger charge is 2.19. The molecule has 1 aliphatic rings. The number of aromatic nitrogens is 2. The van der Waals surface area contributed by atoms with E-state index in [1.165, 1.54) is 6.20 Å². The summed E-state index contributed by atoms with van der Waals surface area (Å²) in [6.45, 7) is 1.87. The highest BCUT2D eigenvalue weighted by molar-refractivity contribution is 5.96. The summed E-state index contributed by atoms with van der Waals surface area (Å²) in [5.41, 5.74) is 3.11. The minimum absolute atomic E-state index is 0.0132. The fourth-order valence-electron chi connectivity index (χ4n) is 2.79. The summed E-state index contributed by atoms with van der Waals surface area (Å²) in [4.78, 5) is 32.6. The van der Waals surface area contributed by atoms with Gasteiger partial charge in [0.05, 0.1) is 29.0 Å². The number of nitrogens with one attached hydrogen (secondary N) is 2. The Morgan fingerprint density at radius 2 is 2.04 bits per heavy atom. The van der Waals surface area contributed by atoms with Gasteiger partial charge in [0.25, 0.3) is 11.8 Å². The van der Waals surface area contributed by atoms with Crippen molar-refractivity contribution in [3.05, 3.63) is 59.9 Å². The number of hydrogen-bond acceptors (Lipinski definition) is 5. The summed E-state index contributed by atoms with van der Waals surface area (Å²) in [7, 11) is 0. The first-order valence-electron chi connectivity index (χ1n) is 8.19. The topological polar surface area (TPSA) is 93.2 Å². The summed E-state index contributed by atoms with van der Waals surface area (Å²) < 4.78 is 5.34. The number of para-hydroxylation sites is 2. The molecule has 0 radical (unpaired) electrons. The summed E-state index contributed by atoms with van der Waals surface area (Å²) in [6, 6.07) is 12.5.